The zero-order valence-corrected chi connectivity index (χ0v) is 12.2. The summed E-state index contributed by atoms with van der Waals surface area (Å²) in [6.45, 7) is 6.94. The molecule has 2 nitrogen and oxygen atoms in total. The lowest BCUT2D eigenvalue weighted by atomic mass is 9.93. The van der Waals surface area contributed by atoms with Crippen molar-refractivity contribution < 1.29 is 4.79 Å². The molecule has 2 rings (SSSR count). The van der Waals surface area contributed by atoms with Gasteiger partial charge in [0.25, 0.3) is 0 Å². The molecule has 0 N–H and O–H groups in total. The van der Waals surface area contributed by atoms with E-state index in [0.29, 0.717) is 18.2 Å². The van der Waals surface area contributed by atoms with E-state index in [4.69, 9.17) is 0 Å². The zero-order chi connectivity index (χ0) is 13.0. The number of nitrogens with zero attached hydrogens (tertiary/aromatic N) is 1. The summed E-state index contributed by atoms with van der Waals surface area (Å²) >= 11 is 1.55. The Balaban J connectivity index is 1.71. The lowest BCUT2D eigenvalue weighted by Crippen LogP contribution is -2.40. The summed E-state index contributed by atoms with van der Waals surface area (Å²) in [5.41, 5.74) is 0. The highest BCUT2D eigenvalue weighted by Crippen LogP contribution is 2.22. The molecule has 0 spiro atoms. The third kappa shape index (κ3) is 3.66. The Labute approximate surface area is 114 Å². The molecule has 0 aliphatic carbocycles. The first-order valence-corrected chi connectivity index (χ1v) is 7.85. The minimum Gasteiger partial charge on any atom is -0.301 e. The van der Waals surface area contributed by atoms with Crippen LogP contribution in [0.3, 0.4) is 0 Å². The first kappa shape index (κ1) is 13.8. The lowest BCUT2D eigenvalue weighted by Gasteiger charge is -2.36. The Morgan fingerprint density at radius 3 is 3.00 bits per heavy atom. The number of ketones is 1. The number of carbonyl (C=O) groups excluding carboxylic acids is 1. The third-order valence-electron chi connectivity index (χ3n) is 3.92. The molecule has 100 valence electrons. The van der Waals surface area contributed by atoms with Crippen molar-refractivity contribution in [1.82, 2.24) is 4.90 Å². The van der Waals surface area contributed by atoms with Gasteiger partial charge < -0.3 is 4.90 Å². The van der Waals surface area contributed by atoms with Crippen molar-refractivity contribution >= 4 is 17.1 Å². The van der Waals surface area contributed by atoms with E-state index in [-0.39, 0.29) is 0 Å². The van der Waals surface area contributed by atoms with Gasteiger partial charge in [-0.15, -0.1) is 11.3 Å². The van der Waals surface area contributed by atoms with Crippen LogP contribution in [0, 0.1) is 5.92 Å². The molecule has 2 heterocycles. The van der Waals surface area contributed by atoms with E-state index in [0.717, 1.165) is 23.8 Å². The maximum absolute atomic E-state index is 11.9. The SMILES string of the molecule is CC1CCN(CCCC(=O)c2cccs2)C(C)C1. The van der Waals surface area contributed by atoms with E-state index in [1.165, 1.54) is 19.4 Å². The van der Waals surface area contributed by atoms with Crippen LogP contribution in [-0.2, 0) is 0 Å². The third-order valence-corrected chi connectivity index (χ3v) is 4.83. The van der Waals surface area contributed by atoms with Gasteiger partial charge in [-0.3, -0.25) is 4.79 Å². The fourth-order valence-corrected chi connectivity index (χ4v) is 3.49. The predicted molar refractivity (Wildman–Crippen MR) is 77.3 cm³/mol. The van der Waals surface area contributed by atoms with Crippen molar-refractivity contribution in [3.8, 4) is 0 Å². The molecule has 0 amide bonds. The number of piperidine rings is 1. The second kappa shape index (κ2) is 6.48. The van der Waals surface area contributed by atoms with Crippen LogP contribution in [0.4, 0.5) is 0 Å². The van der Waals surface area contributed by atoms with E-state index in [9.17, 15) is 4.79 Å². The molecule has 2 atom stereocenters. The summed E-state index contributed by atoms with van der Waals surface area (Å²) in [5, 5.41) is 1.97. The number of Topliss-reactive ketones (excluding diaryl/α,β-unsaturated/α-hetero) is 1. The van der Waals surface area contributed by atoms with Crippen molar-refractivity contribution in [3.05, 3.63) is 22.4 Å². The first-order valence-electron chi connectivity index (χ1n) is 6.97. The maximum Gasteiger partial charge on any atom is 0.172 e. The zero-order valence-electron chi connectivity index (χ0n) is 11.4. The van der Waals surface area contributed by atoms with Gasteiger partial charge in [0.05, 0.1) is 4.88 Å². The molecule has 2 unspecified atom stereocenters. The van der Waals surface area contributed by atoms with E-state index >= 15 is 0 Å². The van der Waals surface area contributed by atoms with Crippen LogP contribution in [0.1, 0.15) is 49.2 Å². The van der Waals surface area contributed by atoms with Crippen LogP contribution in [0.2, 0.25) is 0 Å². The van der Waals surface area contributed by atoms with Gasteiger partial charge in [-0.25, -0.2) is 0 Å². The smallest absolute Gasteiger partial charge is 0.172 e. The van der Waals surface area contributed by atoms with Gasteiger partial charge >= 0.3 is 0 Å². The van der Waals surface area contributed by atoms with Crippen molar-refractivity contribution in [1.29, 1.82) is 0 Å². The van der Waals surface area contributed by atoms with Crippen LogP contribution in [0.15, 0.2) is 17.5 Å². The molecule has 0 aromatic carbocycles. The predicted octanol–water partition coefficient (Wildman–Crippen LogP) is 3.83. The summed E-state index contributed by atoms with van der Waals surface area (Å²) in [4.78, 5) is 15.3. The highest BCUT2D eigenvalue weighted by atomic mass is 32.1. The summed E-state index contributed by atoms with van der Waals surface area (Å²) in [7, 11) is 0. The van der Waals surface area contributed by atoms with E-state index in [1.54, 1.807) is 11.3 Å². The first-order chi connectivity index (χ1) is 8.66. The second-order valence-electron chi connectivity index (χ2n) is 5.52. The van der Waals surface area contributed by atoms with Gasteiger partial charge in [0.2, 0.25) is 0 Å². The number of likely N-dealkylation sites (tertiary alicyclic amines) is 1. The highest BCUT2D eigenvalue weighted by molar-refractivity contribution is 7.12. The lowest BCUT2D eigenvalue weighted by molar-refractivity contribution is 0.0956. The van der Waals surface area contributed by atoms with Crippen molar-refractivity contribution in [2.24, 2.45) is 5.92 Å². The quantitative estimate of drug-likeness (QED) is 0.754. The van der Waals surface area contributed by atoms with Gasteiger partial charge in [0.15, 0.2) is 5.78 Å². The molecule has 0 radical (unpaired) electrons. The standard InChI is InChI=1S/C15H23NOS/c1-12-7-9-16(13(2)11-12)8-3-5-14(17)15-6-4-10-18-15/h4,6,10,12-13H,3,5,7-9,11H2,1-2H3. The Bertz CT molecular complexity index is 374. The molecule has 18 heavy (non-hydrogen) atoms. The Morgan fingerprint density at radius 2 is 2.33 bits per heavy atom. The molecule has 0 saturated carbocycles. The normalized spacial score (nSPS) is 25.2. The fraction of sp³-hybridized carbons (Fsp3) is 0.667. The minimum atomic E-state index is 0.308. The molecular weight excluding hydrogens is 242 g/mol. The van der Waals surface area contributed by atoms with Crippen LogP contribution in [0.5, 0.6) is 0 Å². The minimum absolute atomic E-state index is 0.308. The molecule has 1 aromatic rings. The molecule has 1 aromatic heterocycles. The topological polar surface area (TPSA) is 20.3 Å². The van der Waals surface area contributed by atoms with Crippen LogP contribution in [-0.4, -0.2) is 29.8 Å². The number of rotatable bonds is 5. The summed E-state index contributed by atoms with van der Waals surface area (Å²) in [6.07, 6.45) is 4.30. The van der Waals surface area contributed by atoms with Crippen LogP contribution in [0.25, 0.3) is 0 Å². The maximum atomic E-state index is 11.9. The van der Waals surface area contributed by atoms with Gasteiger partial charge in [-0.2, -0.15) is 0 Å². The molecule has 1 fully saturated rings. The molecular formula is C15H23NOS. The van der Waals surface area contributed by atoms with E-state index in [1.807, 2.05) is 17.5 Å². The Kier molecular flexibility index (Phi) is 4.95. The van der Waals surface area contributed by atoms with Gasteiger partial charge in [0.1, 0.15) is 0 Å². The van der Waals surface area contributed by atoms with Crippen molar-refractivity contribution in [2.45, 2.75) is 45.6 Å². The number of hydrogen-bond donors (Lipinski definition) is 0. The largest absolute Gasteiger partial charge is 0.301 e. The average Bonchev–Trinajstić information content (AvgIpc) is 2.85. The van der Waals surface area contributed by atoms with Crippen molar-refractivity contribution in [2.75, 3.05) is 13.1 Å². The van der Waals surface area contributed by atoms with Crippen LogP contribution >= 0.6 is 11.3 Å². The van der Waals surface area contributed by atoms with Gasteiger partial charge in [-0.05, 0) is 56.6 Å². The van der Waals surface area contributed by atoms with Crippen LogP contribution < -0.4 is 0 Å². The summed E-state index contributed by atoms with van der Waals surface area (Å²) in [5.74, 6) is 1.17. The van der Waals surface area contributed by atoms with E-state index < -0.39 is 0 Å². The van der Waals surface area contributed by atoms with E-state index in [2.05, 4.69) is 18.7 Å². The van der Waals surface area contributed by atoms with Gasteiger partial charge in [-0.1, -0.05) is 13.0 Å². The number of carbonyl (C=O) groups is 1. The Morgan fingerprint density at radius 1 is 1.50 bits per heavy atom. The summed E-state index contributed by atoms with van der Waals surface area (Å²) < 4.78 is 0. The number of thiophene rings is 1. The van der Waals surface area contributed by atoms with Gasteiger partial charge in [0, 0.05) is 12.5 Å². The monoisotopic (exact) mass is 265 g/mol. The van der Waals surface area contributed by atoms with Crippen molar-refractivity contribution in [3.63, 3.8) is 0 Å². The highest BCUT2D eigenvalue weighted by Gasteiger charge is 2.22. The fourth-order valence-electron chi connectivity index (χ4n) is 2.79. The number of hydrogen-bond acceptors (Lipinski definition) is 3. The molecule has 1 aliphatic heterocycles. The molecule has 1 aliphatic rings. The molecule has 0 bridgehead atoms. The average molecular weight is 265 g/mol. The second-order valence-corrected chi connectivity index (χ2v) is 6.47. The molecule has 1 saturated heterocycles. The Hall–Kier alpha value is -0.670. The molecule has 3 heteroatoms. The summed E-state index contributed by atoms with van der Waals surface area (Å²) in [6, 6.07) is 4.56.